The smallest absolute Gasteiger partial charge is 0.185 e. The normalized spacial score (nSPS) is 17.6. The van der Waals surface area contributed by atoms with Gasteiger partial charge < -0.3 is 14.7 Å². The Balaban J connectivity index is 1.82. The Bertz CT molecular complexity index is 335. The molecule has 1 N–H and O–H groups in total. The summed E-state index contributed by atoms with van der Waals surface area (Å²) in [5, 5.41) is 12.0. The second kappa shape index (κ2) is 6.33. The molecule has 0 unspecified atom stereocenters. The van der Waals surface area contributed by atoms with E-state index in [1.54, 1.807) is 11.3 Å². The third-order valence-corrected chi connectivity index (χ3v) is 4.01. The van der Waals surface area contributed by atoms with Gasteiger partial charge in [0.2, 0.25) is 0 Å². The van der Waals surface area contributed by atoms with Crippen molar-refractivity contribution in [3.8, 4) is 0 Å². The number of rotatable bonds is 5. The first-order chi connectivity index (χ1) is 8.33. The van der Waals surface area contributed by atoms with Gasteiger partial charge >= 0.3 is 0 Å². The first-order valence-electron chi connectivity index (χ1n) is 6.25. The molecule has 1 saturated heterocycles. The van der Waals surface area contributed by atoms with E-state index in [9.17, 15) is 0 Å². The number of aliphatic hydroxyl groups excluding tert-OH is 1. The van der Waals surface area contributed by atoms with Crippen LogP contribution in [0, 0.1) is 0 Å². The van der Waals surface area contributed by atoms with E-state index < -0.39 is 0 Å². The highest BCUT2D eigenvalue weighted by Crippen LogP contribution is 2.25. The molecule has 1 aromatic heterocycles. The summed E-state index contributed by atoms with van der Waals surface area (Å²) in [6, 6.07) is 0. The van der Waals surface area contributed by atoms with Gasteiger partial charge in [-0.25, -0.2) is 4.98 Å². The SMILES string of the molecule is CCc1csc(N2CCC(OCCO)CC2)n1. The van der Waals surface area contributed by atoms with E-state index in [1.165, 1.54) is 5.69 Å². The predicted octanol–water partition coefficient (Wildman–Crippen LogP) is 1.68. The average Bonchev–Trinajstić information content (AvgIpc) is 2.86. The minimum absolute atomic E-state index is 0.118. The summed E-state index contributed by atoms with van der Waals surface area (Å²) in [6.07, 6.45) is 3.37. The zero-order valence-corrected chi connectivity index (χ0v) is 11.1. The fourth-order valence-corrected chi connectivity index (χ4v) is 3.00. The molecule has 2 rings (SSSR count). The molecule has 1 aliphatic heterocycles. The zero-order valence-electron chi connectivity index (χ0n) is 10.3. The number of nitrogens with zero attached hydrogens (tertiary/aromatic N) is 2. The highest BCUT2D eigenvalue weighted by molar-refractivity contribution is 7.13. The van der Waals surface area contributed by atoms with Crippen LogP contribution in [0.5, 0.6) is 0 Å². The Kier molecular flexibility index (Phi) is 4.76. The second-order valence-electron chi connectivity index (χ2n) is 4.26. The lowest BCUT2D eigenvalue weighted by Gasteiger charge is -2.31. The van der Waals surface area contributed by atoms with Crippen molar-refractivity contribution >= 4 is 16.5 Å². The molecule has 0 radical (unpaired) electrons. The molecule has 0 saturated carbocycles. The lowest BCUT2D eigenvalue weighted by Crippen LogP contribution is -2.37. The molecular weight excluding hydrogens is 236 g/mol. The average molecular weight is 256 g/mol. The maximum absolute atomic E-state index is 8.71. The van der Waals surface area contributed by atoms with E-state index in [-0.39, 0.29) is 6.61 Å². The van der Waals surface area contributed by atoms with Crippen LogP contribution in [0.4, 0.5) is 5.13 Å². The fourth-order valence-electron chi connectivity index (χ4n) is 2.04. The van der Waals surface area contributed by atoms with Gasteiger partial charge in [0.15, 0.2) is 5.13 Å². The Labute approximate surface area is 106 Å². The minimum atomic E-state index is 0.118. The van der Waals surface area contributed by atoms with Crippen molar-refractivity contribution < 1.29 is 9.84 Å². The van der Waals surface area contributed by atoms with Crippen LogP contribution >= 0.6 is 11.3 Å². The molecule has 0 amide bonds. The van der Waals surface area contributed by atoms with E-state index in [2.05, 4.69) is 22.2 Å². The van der Waals surface area contributed by atoms with Crippen LogP contribution < -0.4 is 4.90 Å². The summed E-state index contributed by atoms with van der Waals surface area (Å²) in [4.78, 5) is 6.94. The van der Waals surface area contributed by atoms with E-state index >= 15 is 0 Å². The summed E-state index contributed by atoms with van der Waals surface area (Å²) in [5.74, 6) is 0. The Morgan fingerprint density at radius 2 is 2.29 bits per heavy atom. The van der Waals surface area contributed by atoms with Gasteiger partial charge in [0.25, 0.3) is 0 Å². The topological polar surface area (TPSA) is 45.6 Å². The molecule has 4 nitrogen and oxygen atoms in total. The number of aromatic nitrogens is 1. The highest BCUT2D eigenvalue weighted by Gasteiger charge is 2.21. The van der Waals surface area contributed by atoms with Gasteiger partial charge in [0, 0.05) is 18.5 Å². The number of aliphatic hydroxyl groups is 1. The van der Waals surface area contributed by atoms with Crippen molar-refractivity contribution in [2.45, 2.75) is 32.3 Å². The van der Waals surface area contributed by atoms with Gasteiger partial charge in [0.1, 0.15) is 0 Å². The van der Waals surface area contributed by atoms with E-state index in [1.807, 2.05) is 0 Å². The monoisotopic (exact) mass is 256 g/mol. The van der Waals surface area contributed by atoms with E-state index in [4.69, 9.17) is 9.84 Å². The molecule has 5 heteroatoms. The van der Waals surface area contributed by atoms with Crippen LogP contribution in [-0.4, -0.2) is 42.5 Å². The van der Waals surface area contributed by atoms with Crippen LogP contribution in [0.1, 0.15) is 25.5 Å². The van der Waals surface area contributed by atoms with E-state index in [0.29, 0.717) is 12.7 Å². The summed E-state index contributed by atoms with van der Waals surface area (Å²) in [7, 11) is 0. The number of piperidine rings is 1. The number of hydrogen-bond donors (Lipinski definition) is 1. The van der Waals surface area contributed by atoms with Gasteiger partial charge in [-0.05, 0) is 19.3 Å². The molecule has 1 aromatic rings. The van der Waals surface area contributed by atoms with Crippen molar-refractivity contribution in [2.24, 2.45) is 0 Å². The second-order valence-corrected chi connectivity index (χ2v) is 5.09. The van der Waals surface area contributed by atoms with Gasteiger partial charge in [-0.2, -0.15) is 0 Å². The molecule has 1 fully saturated rings. The van der Waals surface area contributed by atoms with Crippen LogP contribution in [0.2, 0.25) is 0 Å². The predicted molar refractivity (Wildman–Crippen MR) is 69.8 cm³/mol. The fraction of sp³-hybridized carbons (Fsp3) is 0.750. The largest absolute Gasteiger partial charge is 0.394 e. The van der Waals surface area contributed by atoms with Crippen molar-refractivity contribution in [1.29, 1.82) is 0 Å². The number of hydrogen-bond acceptors (Lipinski definition) is 5. The summed E-state index contributed by atoms with van der Waals surface area (Å²) >= 11 is 1.73. The quantitative estimate of drug-likeness (QED) is 0.870. The molecular formula is C12H20N2O2S. The van der Waals surface area contributed by atoms with Crippen molar-refractivity contribution in [2.75, 3.05) is 31.2 Å². The first-order valence-corrected chi connectivity index (χ1v) is 7.13. The maximum atomic E-state index is 8.71. The van der Waals surface area contributed by atoms with Crippen LogP contribution in [0.15, 0.2) is 5.38 Å². The van der Waals surface area contributed by atoms with Crippen LogP contribution in [-0.2, 0) is 11.2 Å². The number of aryl methyl sites for hydroxylation is 1. The number of anilines is 1. The van der Waals surface area contributed by atoms with Gasteiger partial charge in [-0.1, -0.05) is 6.92 Å². The first kappa shape index (κ1) is 12.8. The molecule has 17 heavy (non-hydrogen) atoms. The molecule has 0 spiro atoms. The van der Waals surface area contributed by atoms with Crippen LogP contribution in [0.25, 0.3) is 0 Å². The van der Waals surface area contributed by atoms with Crippen molar-refractivity contribution in [3.05, 3.63) is 11.1 Å². The third kappa shape index (κ3) is 3.40. The lowest BCUT2D eigenvalue weighted by atomic mass is 10.1. The summed E-state index contributed by atoms with van der Waals surface area (Å²) in [5.41, 5.74) is 1.18. The minimum Gasteiger partial charge on any atom is -0.394 e. The summed E-state index contributed by atoms with van der Waals surface area (Å²) < 4.78 is 5.55. The Hall–Kier alpha value is -0.650. The van der Waals surface area contributed by atoms with Crippen LogP contribution in [0.3, 0.4) is 0 Å². The van der Waals surface area contributed by atoms with Crippen molar-refractivity contribution in [1.82, 2.24) is 4.98 Å². The van der Waals surface area contributed by atoms with Gasteiger partial charge in [-0.15, -0.1) is 11.3 Å². The van der Waals surface area contributed by atoms with E-state index in [0.717, 1.165) is 37.5 Å². The molecule has 96 valence electrons. The molecule has 0 bridgehead atoms. The molecule has 0 aromatic carbocycles. The standard InChI is InChI=1S/C12H20N2O2S/c1-2-10-9-17-12(13-10)14-5-3-11(4-6-14)16-8-7-15/h9,11,15H,2-8H2,1H3. The molecule has 0 aliphatic carbocycles. The number of ether oxygens (including phenoxy) is 1. The highest BCUT2D eigenvalue weighted by atomic mass is 32.1. The van der Waals surface area contributed by atoms with Gasteiger partial charge in [-0.3, -0.25) is 0 Å². The maximum Gasteiger partial charge on any atom is 0.185 e. The van der Waals surface area contributed by atoms with Crippen molar-refractivity contribution in [3.63, 3.8) is 0 Å². The lowest BCUT2D eigenvalue weighted by molar-refractivity contribution is 0.0159. The third-order valence-electron chi connectivity index (χ3n) is 3.06. The Morgan fingerprint density at radius 3 is 2.88 bits per heavy atom. The number of thiazole rings is 1. The molecule has 0 atom stereocenters. The zero-order chi connectivity index (χ0) is 12.1. The van der Waals surface area contributed by atoms with Gasteiger partial charge in [0.05, 0.1) is 25.0 Å². The molecule has 2 heterocycles. The summed E-state index contributed by atoms with van der Waals surface area (Å²) in [6.45, 7) is 4.72. The molecule has 1 aliphatic rings. The Morgan fingerprint density at radius 1 is 1.53 bits per heavy atom.